The molecule has 0 N–H and O–H groups in total. The normalized spacial score (nSPS) is 19.4. The van der Waals surface area contributed by atoms with Crippen LogP contribution >= 0.6 is 11.3 Å². The molecule has 1 atom stereocenters. The largest absolute Gasteiger partial charge is 0.290 e. The Bertz CT molecular complexity index is 574. The molecular weight excluding hydrogens is 280 g/mol. The monoisotopic (exact) mass is 304 g/mol. The highest BCUT2D eigenvalue weighted by atomic mass is 32.1. The number of rotatable bonds is 6. The second-order valence-electron chi connectivity index (χ2n) is 5.91. The van der Waals surface area contributed by atoms with Gasteiger partial charge in [0.05, 0.1) is 16.9 Å². The Morgan fingerprint density at radius 3 is 3.10 bits per heavy atom. The number of aryl methyl sites for hydroxylation is 2. The fourth-order valence-electron chi connectivity index (χ4n) is 3.08. The predicted molar refractivity (Wildman–Crippen MR) is 86.3 cm³/mol. The average molecular weight is 304 g/mol. The van der Waals surface area contributed by atoms with Gasteiger partial charge < -0.3 is 0 Å². The topological polar surface area (TPSA) is 34.0 Å². The lowest BCUT2D eigenvalue weighted by Crippen LogP contribution is -2.22. The SMILES string of the molecule is CCCCc1nc(CN2CCCC2c2cnn(C)c2)cs1. The Labute approximate surface area is 130 Å². The van der Waals surface area contributed by atoms with Crippen LogP contribution in [-0.4, -0.2) is 26.2 Å². The van der Waals surface area contributed by atoms with Gasteiger partial charge in [-0.2, -0.15) is 5.10 Å². The Kier molecular flexibility index (Phi) is 4.70. The molecule has 3 heterocycles. The molecule has 0 amide bonds. The molecule has 0 aliphatic carbocycles. The molecule has 0 spiro atoms. The maximum atomic E-state index is 4.80. The zero-order valence-corrected chi connectivity index (χ0v) is 13.8. The molecule has 1 saturated heterocycles. The second kappa shape index (κ2) is 6.71. The maximum Gasteiger partial charge on any atom is 0.0928 e. The van der Waals surface area contributed by atoms with Gasteiger partial charge in [0.25, 0.3) is 0 Å². The molecule has 5 heteroatoms. The fraction of sp³-hybridized carbons (Fsp3) is 0.625. The Morgan fingerprint density at radius 2 is 2.33 bits per heavy atom. The summed E-state index contributed by atoms with van der Waals surface area (Å²) in [5, 5.41) is 7.85. The molecule has 1 fully saturated rings. The number of thiazole rings is 1. The third-order valence-electron chi connectivity index (χ3n) is 4.18. The number of hydrogen-bond donors (Lipinski definition) is 0. The van der Waals surface area contributed by atoms with E-state index >= 15 is 0 Å². The molecule has 0 saturated carbocycles. The van der Waals surface area contributed by atoms with Gasteiger partial charge in [-0.05, 0) is 32.2 Å². The number of hydrogen-bond acceptors (Lipinski definition) is 4. The van der Waals surface area contributed by atoms with Crippen LogP contribution in [0.2, 0.25) is 0 Å². The van der Waals surface area contributed by atoms with Gasteiger partial charge in [-0.3, -0.25) is 9.58 Å². The first-order chi connectivity index (χ1) is 10.3. The minimum absolute atomic E-state index is 0.513. The minimum atomic E-state index is 0.513. The summed E-state index contributed by atoms with van der Waals surface area (Å²) in [7, 11) is 1.99. The summed E-state index contributed by atoms with van der Waals surface area (Å²) in [6, 6.07) is 0.513. The minimum Gasteiger partial charge on any atom is -0.290 e. The Balaban J connectivity index is 1.64. The summed E-state index contributed by atoms with van der Waals surface area (Å²) in [6.07, 6.45) is 10.3. The Morgan fingerprint density at radius 1 is 1.43 bits per heavy atom. The molecule has 2 aromatic heterocycles. The van der Waals surface area contributed by atoms with Gasteiger partial charge in [-0.25, -0.2) is 4.98 Å². The standard InChI is InChI=1S/C16H24N4S/c1-3-4-7-16-18-14(12-21-16)11-20-8-5-6-15(20)13-9-17-19(2)10-13/h9-10,12,15H,3-8,11H2,1-2H3. The van der Waals surface area contributed by atoms with E-state index in [9.17, 15) is 0 Å². The number of aromatic nitrogens is 3. The molecule has 0 aromatic carbocycles. The van der Waals surface area contributed by atoms with Crippen molar-refractivity contribution in [3.8, 4) is 0 Å². The Hall–Kier alpha value is -1.20. The lowest BCUT2D eigenvalue weighted by atomic mass is 10.1. The van der Waals surface area contributed by atoms with Crippen molar-refractivity contribution in [3.05, 3.63) is 34.0 Å². The molecule has 3 rings (SSSR count). The molecule has 0 bridgehead atoms. The first kappa shape index (κ1) is 14.7. The van der Waals surface area contributed by atoms with Crippen molar-refractivity contribution in [1.29, 1.82) is 0 Å². The highest BCUT2D eigenvalue weighted by Gasteiger charge is 2.27. The van der Waals surface area contributed by atoms with Crippen molar-refractivity contribution in [3.63, 3.8) is 0 Å². The van der Waals surface area contributed by atoms with Crippen molar-refractivity contribution in [2.45, 2.75) is 51.6 Å². The smallest absolute Gasteiger partial charge is 0.0928 e. The number of unbranched alkanes of at least 4 members (excludes halogenated alkanes) is 1. The van der Waals surface area contributed by atoms with Gasteiger partial charge in [0.1, 0.15) is 0 Å². The van der Waals surface area contributed by atoms with E-state index in [-0.39, 0.29) is 0 Å². The molecule has 0 radical (unpaired) electrons. The van der Waals surface area contributed by atoms with Gasteiger partial charge in [-0.15, -0.1) is 11.3 Å². The highest BCUT2D eigenvalue weighted by molar-refractivity contribution is 7.09. The van der Waals surface area contributed by atoms with Crippen LogP contribution in [0.1, 0.15) is 54.9 Å². The summed E-state index contributed by atoms with van der Waals surface area (Å²) < 4.78 is 1.90. The molecule has 21 heavy (non-hydrogen) atoms. The molecule has 1 unspecified atom stereocenters. The van der Waals surface area contributed by atoms with Crippen LogP contribution < -0.4 is 0 Å². The number of likely N-dealkylation sites (tertiary alicyclic amines) is 1. The third-order valence-corrected chi connectivity index (χ3v) is 5.14. The van der Waals surface area contributed by atoms with Crippen molar-refractivity contribution < 1.29 is 0 Å². The summed E-state index contributed by atoms with van der Waals surface area (Å²) in [5.41, 5.74) is 2.58. The van der Waals surface area contributed by atoms with E-state index in [4.69, 9.17) is 4.98 Å². The van der Waals surface area contributed by atoms with Crippen LogP contribution in [0.25, 0.3) is 0 Å². The van der Waals surface area contributed by atoms with Crippen molar-refractivity contribution in [1.82, 2.24) is 19.7 Å². The van der Waals surface area contributed by atoms with Crippen molar-refractivity contribution >= 4 is 11.3 Å². The van der Waals surface area contributed by atoms with E-state index in [0.29, 0.717) is 6.04 Å². The summed E-state index contributed by atoms with van der Waals surface area (Å²) in [6.45, 7) is 4.38. The van der Waals surface area contributed by atoms with E-state index in [1.54, 1.807) is 0 Å². The van der Waals surface area contributed by atoms with E-state index in [1.807, 2.05) is 29.3 Å². The van der Waals surface area contributed by atoms with Crippen LogP contribution in [0.4, 0.5) is 0 Å². The second-order valence-corrected chi connectivity index (χ2v) is 6.85. The van der Waals surface area contributed by atoms with Crippen LogP contribution in [0, 0.1) is 0 Å². The summed E-state index contributed by atoms with van der Waals surface area (Å²) in [4.78, 5) is 7.35. The molecule has 1 aliphatic rings. The predicted octanol–water partition coefficient (Wildman–Crippen LogP) is 3.56. The quantitative estimate of drug-likeness (QED) is 0.818. The van der Waals surface area contributed by atoms with Gasteiger partial charge in [-0.1, -0.05) is 13.3 Å². The van der Waals surface area contributed by atoms with E-state index in [2.05, 4.69) is 28.5 Å². The van der Waals surface area contributed by atoms with Gasteiger partial charge in [0.15, 0.2) is 0 Å². The van der Waals surface area contributed by atoms with Crippen LogP contribution in [-0.2, 0) is 20.0 Å². The molecular formula is C16H24N4S. The lowest BCUT2D eigenvalue weighted by molar-refractivity contribution is 0.246. The van der Waals surface area contributed by atoms with Gasteiger partial charge >= 0.3 is 0 Å². The molecule has 114 valence electrons. The average Bonchev–Trinajstić information content (AvgIpc) is 3.18. The van der Waals surface area contributed by atoms with Crippen molar-refractivity contribution in [2.24, 2.45) is 7.05 Å². The summed E-state index contributed by atoms with van der Waals surface area (Å²) >= 11 is 1.82. The molecule has 1 aliphatic heterocycles. The van der Waals surface area contributed by atoms with E-state index < -0.39 is 0 Å². The zero-order valence-electron chi connectivity index (χ0n) is 13.0. The molecule has 4 nitrogen and oxygen atoms in total. The summed E-state index contributed by atoms with van der Waals surface area (Å²) in [5.74, 6) is 0. The third kappa shape index (κ3) is 3.52. The first-order valence-electron chi connectivity index (χ1n) is 7.92. The van der Waals surface area contributed by atoms with Crippen molar-refractivity contribution in [2.75, 3.05) is 6.54 Å². The van der Waals surface area contributed by atoms with E-state index in [0.717, 1.165) is 13.0 Å². The fourth-order valence-corrected chi connectivity index (χ4v) is 3.91. The van der Waals surface area contributed by atoms with E-state index in [1.165, 1.54) is 48.5 Å². The number of nitrogens with zero attached hydrogens (tertiary/aromatic N) is 4. The van der Waals surface area contributed by atoms with Crippen LogP contribution in [0.5, 0.6) is 0 Å². The first-order valence-corrected chi connectivity index (χ1v) is 8.80. The molecule has 2 aromatic rings. The maximum absolute atomic E-state index is 4.80. The van der Waals surface area contributed by atoms with Crippen LogP contribution in [0.15, 0.2) is 17.8 Å². The lowest BCUT2D eigenvalue weighted by Gasteiger charge is -2.22. The highest BCUT2D eigenvalue weighted by Crippen LogP contribution is 2.32. The van der Waals surface area contributed by atoms with Gasteiger partial charge in [0, 0.05) is 36.8 Å². The van der Waals surface area contributed by atoms with Gasteiger partial charge in [0.2, 0.25) is 0 Å². The zero-order chi connectivity index (χ0) is 14.7. The van der Waals surface area contributed by atoms with Crippen LogP contribution in [0.3, 0.4) is 0 Å².